The molecule has 0 saturated carbocycles. The summed E-state index contributed by atoms with van der Waals surface area (Å²) < 4.78 is 1.71. The molecule has 0 radical (unpaired) electrons. The zero-order valence-corrected chi connectivity index (χ0v) is 13.7. The van der Waals surface area contributed by atoms with Crippen molar-refractivity contribution in [2.45, 2.75) is 26.4 Å². The number of hydrogen-bond donors (Lipinski definition) is 2. The van der Waals surface area contributed by atoms with Crippen molar-refractivity contribution in [3.8, 4) is 10.6 Å². The molecule has 0 aliphatic rings. The summed E-state index contributed by atoms with van der Waals surface area (Å²) in [5.41, 5.74) is 1.24. The highest BCUT2D eigenvalue weighted by Gasteiger charge is 2.20. The molecule has 0 saturated heterocycles. The van der Waals surface area contributed by atoms with Gasteiger partial charge in [0.1, 0.15) is 12.7 Å². The molecule has 7 nitrogen and oxygen atoms in total. The molecule has 3 rings (SSSR count). The maximum absolute atomic E-state index is 12.4. The smallest absolute Gasteiger partial charge is 0.272 e. The van der Waals surface area contributed by atoms with E-state index in [1.54, 1.807) is 28.4 Å². The second-order valence-electron chi connectivity index (χ2n) is 5.59. The predicted molar refractivity (Wildman–Crippen MR) is 88.0 cm³/mol. The summed E-state index contributed by atoms with van der Waals surface area (Å²) in [6, 6.07) is 5.68. The van der Waals surface area contributed by atoms with Crippen molar-refractivity contribution >= 4 is 17.2 Å². The van der Waals surface area contributed by atoms with E-state index in [2.05, 4.69) is 39.4 Å². The van der Waals surface area contributed by atoms with E-state index in [9.17, 15) is 4.79 Å². The standard InChI is InChI=1S/C15H18N6OS/c1-10(2)13(7-21-9-16-8-17-21)18-15(22)12-6-11(19-20-12)14-4-3-5-23-14/h3-6,8-10,13H,7H2,1-2H3,(H,18,22)(H,19,20). The molecule has 1 unspecified atom stereocenters. The van der Waals surface area contributed by atoms with Crippen LogP contribution in [0.5, 0.6) is 0 Å². The highest BCUT2D eigenvalue weighted by molar-refractivity contribution is 7.13. The van der Waals surface area contributed by atoms with Crippen molar-refractivity contribution in [2.24, 2.45) is 5.92 Å². The number of hydrogen-bond acceptors (Lipinski definition) is 5. The first-order valence-corrected chi connectivity index (χ1v) is 8.24. The van der Waals surface area contributed by atoms with Crippen molar-refractivity contribution in [2.75, 3.05) is 0 Å². The summed E-state index contributed by atoms with van der Waals surface area (Å²) in [4.78, 5) is 17.4. The molecular formula is C15H18N6OS. The lowest BCUT2D eigenvalue weighted by Gasteiger charge is -2.21. The summed E-state index contributed by atoms with van der Waals surface area (Å²) in [5, 5.41) is 16.1. The van der Waals surface area contributed by atoms with E-state index in [-0.39, 0.29) is 17.9 Å². The topological polar surface area (TPSA) is 88.5 Å². The van der Waals surface area contributed by atoms with Gasteiger partial charge in [0.15, 0.2) is 5.69 Å². The second kappa shape index (κ2) is 6.74. The molecule has 0 aliphatic heterocycles. The van der Waals surface area contributed by atoms with E-state index in [1.807, 2.05) is 17.5 Å². The molecule has 1 amide bonds. The van der Waals surface area contributed by atoms with Gasteiger partial charge in [0.2, 0.25) is 0 Å². The van der Waals surface area contributed by atoms with Gasteiger partial charge >= 0.3 is 0 Å². The van der Waals surface area contributed by atoms with E-state index in [4.69, 9.17) is 0 Å². The highest BCUT2D eigenvalue weighted by Crippen LogP contribution is 2.22. The number of H-pyrrole nitrogens is 1. The third-order valence-corrected chi connectivity index (χ3v) is 4.47. The maximum Gasteiger partial charge on any atom is 0.272 e. The first kappa shape index (κ1) is 15.4. The van der Waals surface area contributed by atoms with Gasteiger partial charge in [-0.15, -0.1) is 11.3 Å². The van der Waals surface area contributed by atoms with Crippen molar-refractivity contribution in [1.29, 1.82) is 0 Å². The quantitative estimate of drug-likeness (QED) is 0.725. The van der Waals surface area contributed by atoms with E-state index in [0.717, 1.165) is 10.6 Å². The molecule has 0 fully saturated rings. The Kier molecular flexibility index (Phi) is 4.52. The van der Waals surface area contributed by atoms with Gasteiger partial charge in [-0.3, -0.25) is 14.6 Å². The molecule has 1 atom stereocenters. The van der Waals surface area contributed by atoms with E-state index in [0.29, 0.717) is 12.2 Å². The van der Waals surface area contributed by atoms with Crippen LogP contribution in [0.1, 0.15) is 24.3 Å². The molecule has 0 bridgehead atoms. The molecule has 0 aliphatic carbocycles. The molecule has 23 heavy (non-hydrogen) atoms. The van der Waals surface area contributed by atoms with E-state index < -0.39 is 0 Å². The Hall–Kier alpha value is -2.48. The van der Waals surface area contributed by atoms with Crippen LogP contribution in [0.2, 0.25) is 0 Å². The Morgan fingerprint density at radius 2 is 2.35 bits per heavy atom. The second-order valence-corrected chi connectivity index (χ2v) is 6.53. The number of nitrogens with zero attached hydrogens (tertiary/aromatic N) is 4. The maximum atomic E-state index is 12.4. The van der Waals surface area contributed by atoms with Gasteiger partial charge in [-0.25, -0.2) is 4.98 Å². The number of carbonyl (C=O) groups is 1. The van der Waals surface area contributed by atoms with Crippen molar-refractivity contribution < 1.29 is 4.79 Å². The van der Waals surface area contributed by atoms with Crippen LogP contribution in [0.3, 0.4) is 0 Å². The summed E-state index contributed by atoms with van der Waals surface area (Å²) in [5.74, 6) is 0.0710. The van der Waals surface area contributed by atoms with Gasteiger partial charge in [-0.1, -0.05) is 19.9 Å². The third-order valence-electron chi connectivity index (χ3n) is 3.57. The summed E-state index contributed by atoms with van der Waals surface area (Å²) in [6.45, 7) is 4.69. The molecule has 120 valence electrons. The Morgan fingerprint density at radius 3 is 3.00 bits per heavy atom. The van der Waals surface area contributed by atoms with Crippen LogP contribution in [0.25, 0.3) is 10.6 Å². The summed E-state index contributed by atoms with van der Waals surface area (Å²) >= 11 is 1.60. The van der Waals surface area contributed by atoms with Crippen LogP contribution in [0.15, 0.2) is 36.2 Å². The predicted octanol–water partition coefficient (Wildman–Crippen LogP) is 2.18. The van der Waals surface area contributed by atoms with Crippen LogP contribution in [-0.4, -0.2) is 36.9 Å². The summed E-state index contributed by atoms with van der Waals surface area (Å²) in [6.07, 6.45) is 3.13. The minimum atomic E-state index is -0.192. The molecule has 0 spiro atoms. The first-order valence-electron chi connectivity index (χ1n) is 7.36. The Bertz CT molecular complexity index is 747. The number of carbonyl (C=O) groups excluding carboxylic acids is 1. The number of thiophene rings is 1. The minimum Gasteiger partial charge on any atom is -0.346 e. The lowest BCUT2D eigenvalue weighted by Crippen LogP contribution is -2.41. The minimum absolute atomic E-state index is 0.0499. The van der Waals surface area contributed by atoms with Crippen molar-refractivity contribution in [1.82, 2.24) is 30.3 Å². The fourth-order valence-corrected chi connectivity index (χ4v) is 2.88. The van der Waals surface area contributed by atoms with E-state index in [1.165, 1.54) is 6.33 Å². The number of nitrogens with one attached hydrogen (secondary N) is 2. The van der Waals surface area contributed by atoms with Gasteiger partial charge in [-0.05, 0) is 23.4 Å². The molecule has 3 aromatic heterocycles. The fourth-order valence-electron chi connectivity index (χ4n) is 2.19. The van der Waals surface area contributed by atoms with Crippen molar-refractivity contribution in [3.05, 3.63) is 41.9 Å². The molecule has 3 aromatic rings. The van der Waals surface area contributed by atoms with Gasteiger partial charge in [-0.2, -0.15) is 10.2 Å². The summed E-state index contributed by atoms with van der Waals surface area (Å²) in [7, 11) is 0. The van der Waals surface area contributed by atoms with Crippen LogP contribution in [-0.2, 0) is 6.54 Å². The number of amides is 1. The average Bonchev–Trinajstić information content (AvgIpc) is 3.27. The Balaban J connectivity index is 1.69. The fraction of sp³-hybridized carbons (Fsp3) is 0.333. The van der Waals surface area contributed by atoms with Crippen molar-refractivity contribution in [3.63, 3.8) is 0 Å². The normalized spacial score (nSPS) is 12.5. The van der Waals surface area contributed by atoms with Crippen LogP contribution >= 0.6 is 11.3 Å². The van der Waals surface area contributed by atoms with Gasteiger partial charge in [0, 0.05) is 0 Å². The zero-order valence-electron chi connectivity index (χ0n) is 12.9. The average molecular weight is 330 g/mol. The number of rotatable bonds is 6. The Morgan fingerprint density at radius 1 is 1.48 bits per heavy atom. The monoisotopic (exact) mass is 330 g/mol. The molecule has 2 N–H and O–H groups in total. The van der Waals surface area contributed by atoms with E-state index >= 15 is 0 Å². The van der Waals surface area contributed by atoms with Gasteiger partial charge in [0.05, 0.1) is 23.2 Å². The largest absolute Gasteiger partial charge is 0.346 e. The molecule has 8 heteroatoms. The highest BCUT2D eigenvalue weighted by atomic mass is 32.1. The lowest BCUT2D eigenvalue weighted by molar-refractivity contribution is 0.0914. The Labute approximate surface area is 137 Å². The first-order chi connectivity index (χ1) is 11.1. The number of aromatic nitrogens is 5. The van der Waals surface area contributed by atoms with Gasteiger partial charge in [0.25, 0.3) is 5.91 Å². The molecule has 0 aromatic carbocycles. The molecule has 3 heterocycles. The van der Waals surface area contributed by atoms with Crippen LogP contribution < -0.4 is 5.32 Å². The van der Waals surface area contributed by atoms with Gasteiger partial charge < -0.3 is 5.32 Å². The van der Waals surface area contributed by atoms with Crippen LogP contribution in [0.4, 0.5) is 0 Å². The molecular weight excluding hydrogens is 312 g/mol. The third kappa shape index (κ3) is 3.65. The van der Waals surface area contributed by atoms with Crippen LogP contribution in [0, 0.1) is 5.92 Å². The number of aromatic amines is 1. The SMILES string of the molecule is CC(C)C(Cn1cncn1)NC(=O)c1cc(-c2cccs2)[nH]n1. The lowest BCUT2D eigenvalue weighted by atomic mass is 10.0. The zero-order chi connectivity index (χ0) is 16.2.